The van der Waals surface area contributed by atoms with Crippen molar-refractivity contribution >= 4 is 11.6 Å². The third-order valence-corrected chi connectivity index (χ3v) is 2.57. The fourth-order valence-electron chi connectivity index (χ4n) is 1.46. The summed E-state index contributed by atoms with van der Waals surface area (Å²) in [6, 6.07) is 9.69. The zero-order valence-corrected chi connectivity index (χ0v) is 9.39. The van der Waals surface area contributed by atoms with Crippen molar-refractivity contribution in [2.24, 2.45) is 5.90 Å². The summed E-state index contributed by atoms with van der Waals surface area (Å²) in [5.41, 5.74) is 2.10. The van der Waals surface area contributed by atoms with Crippen molar-refractivity contribution in [3.63, 3.8) is 0 Å². The number of nitrogens with two attached hydrogens (primary N) is 1. The Morgan fingerprint density at radius 2 is 2.00 bits per heavy atom. The van der Waals surface area contributed by atoms with E-state index in [2.05, 4.69) is 9.94 Å². The van der Waals surface area contributed by atoms with E-state index < -0.39 is 0 Å². The van der Waals surface area contributed by atoms with E-state index in [-0.39, 0.29) is 0 Å². The normalized spacial score (nSPS) is 10.6. The van der Waals surface area contributed by atoms with Crippen molar-refractivity contribution in [2.75, 3.05) is 6.61 Å². The number of aromatic nitrogens is 2. The molecule has 1 aromatic carbocycles. The fraction of sp³-hybridized carbons (Fsp3) is 0.182. The van der Waals surface area contributed by atoms with Gasteiger partial charge >= 0.3 is 0 Å². The summed E-state index contributed by atoms with van der Waals surface area (Å²) < 4.78 is 1.67. The minimum absolute atomic E-state index is 0.516. The molecule has 0 fully saturated rings. The van der Waals surface area contributed by atoms with Crippen LogP contribution in [0.1, 0.15) is 5.56 Å². The van der Waals surface area contributed by atoms with E-state index in [9.17, 15) is 0 Å². The molecule has 0 unspecified atom stereocenters. The average Bonchev–Trinajstić information content (AvgIpc) is 2.74. The van der Waals surface area contributed by atoms with Crippen LogP contribution in [0.2, 0.25) is 5.15 Å². The van der Waals surface area contributed by atoms with Gasteiger partial charge in [-0.1, -0.05) is 23.7 Å². The standard InChI is InChI=1S/C11H12ClN3O/c12-11-5-7-14-15(11)10-3-1-9(2-4-10)6-8-16-13/h1-5,7H,6,8,13H2. The summed E-state index contributed by atoms with van der Waals surface area (Å²) in [4.78, 5) is 4.53. The second-order valence-corrected chi connectivity index (χ2v) is 3.74. The molecule has 2 rings (SSSR count). The van der Waals surface area contributed by atoms with Gasteiger partial charge in [-0.05, 0) is 30.2 Å². The Bertz CT molecular complexity index is 453. The van der Waals surface area contributed by atoms with Gasteiger partial charge in [0, 0.05) is 0 Å². The molecule has 1 aromatic heterocycles. The number of benzene rings is 1. The maximum absolute atomic E-state index is 5.96. The smallest absolute Gasteiger partial charge is 0.132 e. The average molecular weight is 238 g/mol. The van der Waals surface area contributed by atoms with Gasteiger partial charge in [-0.2, -0.15) is 5.10 Å². The van der Waals surface area contributed by atoms with E-state index in [4.69, 9.17) is 17.5 Å². The summed E-state index contributed by atoms with van der Waals surface area (Å²) >= 11 is 5.96. The van der Waals surface area contributed by atoms with Crippen molar-refractivity contribution < 1.29 is 4.84 Å². The molecule has 0 radical (unpaired) electrons. The first kappa shape index (κ1) is 11.1. The van der Waals surface area contributed by atoms with Crippen LogP contribution in [-0.2, 0) is 11.3 Å². The number of hydrogen-bond acceptors (Lipinski definition) is 3. The summed E-state index contributed by atoms with van der Waals surface area (Å²) in [5.74, 6) is 4.97. The topological polar surface area (TPSA) is 53.1 Å². The van der Waals surface area contributed by atoms with Gasteiger partial charge in [-0.3, -0.25) is 0 Å². The molecule has 1 heterocycles. The highest BCUT2D eigenvalue weighted by Gasteiger charge is 2.01. The molecule has 0 saturated heterocycles. The van der Waals surface area contributed by atoms with Crippen molar-refractivity contribution in [1.29, 1.82) is 0 Å². The predicted molar refractivity (Wildman–Crippen MR) is 62.4 cm³/mol. The van der Waals surface area contributed by atoms with Gasteiger partial charge in [0.25, 0.3) is 0 Å². The van der Waals surface area contributed by atoms with E-state index in [1.165, 1.54) is 0 Å². The fourth-order valence-corrected chi connectivity index (χ4v) is 1.66. The first-order valence-corrected chi connectivity index (χ1v) is 5.29. The third-order valence-electron chi connectivity index (χ3n) is 2.29. The molecule has 0 aliphatic rings. The largest absolute Gasteiger partial charge is 0.304 e. The van der Waals surface area contributed by atoms with Crippen LogP contribution in [0.4, 0.5) is 0 Å². The predicted octanol–water partition coefficient (Wildman–Crippen LogP) is 1.96. The molecule has 5 heteroatoms. The van der Waals surface area contributed by atoms with Crippen LogP contribution in [0.15, 0.2) is 36.5 Å². The highest BCUT2D eigenvalue weighted by Crippen LogP contribution is 2.15. The Kier molecular flexibility index (Phi) is 3.56. The quantitative estimate of drug-likeness (QED) is 0.827. The first-order valence-electron chi connectivity index (χ1n) is 4.92. The van der Waals surface area contributed by atoms with Gasteiger partial charge in [-0.15, -0.1) is 0 Å². The minimum atomic E-state index is 0.516. The van der Waals surface area contributed by atoms with Crippen LogP contribution in [0, 0.1) is 0 Å². The number of halogens is 1. The molecule has 0 amide bonds. The van der Waals surface area contributed by atoms with Crippen molar-refractivity contribution in [3.8, 4) is 5.69 Å². The Morgan fingerprint density at radius 1 is 1.25 bits per heavy atom. The Labute approximate surface area is 98.5 Å². The van der Waals surface area contributed by atoms with E-state index in [0.29, 0.717) is 11.8 Å². The lowest BCUT2D eigenvalue weighted by Crippen LogP contribution is -2.04. The lowest BCUT2D eigenvalue weighted by atomic mass is 10.1. The second kappa shape index (κ2) is 5.12. The molecule has 0 aliphatic heterocycles. The van der Waals surface area contributed by atoms with Gasteiger partial charge < -0.3 is 4.84 Å². The maximum Gasteiger partial charge on any atom is 0.132 e. The van der Waals surface area contributed by atoms with E-state index in [1.807, 2.05) is 24.3 Å². The summed E-state index contributed by atoms with van der Waals surface area (Å²) in [6.07, 6.45) is 2.46. The van der Waals surface area contributed by atoms with Gasteiger partial charge in [0.2, 0.25) is 0 Å². The van der Waals surface area contributed by atoms with Gasteiger partial charge in [0.05, 0.1) is 18.5 Å². The van der Waals surface area contributed by atoms with Crippen LogP contribution in [0.25, 0.3) is 5.69 Å². The number of nitrogens with zero attached hydrogens (tertiary/aromatic N) is 2. The summed E-state index contributed by atoms with van der Waals surface area (Å²) in [7, 11) is 0. The molecule has 0 spiro atoms. The van der Waals surface area contributed by atoms with Crippen LogP contribution in [-0.4, -0.2) is 16.4 Å². The molecule has 2 aromatic rings. The molecule has 0 saturated carbocycles. The third kappa shape index (κ3) is 2.41. The number of hydrogen-bond donors (Lipinski definition) is 1. The van der Waals surface area contributed by atoms with E-state index in [0.717, 1.165) is 17.7 Å². The Hall–Kier alpha value is -1.36. The first-order chi connectivity index (χ1) is 7.81. The molecule has 4 nitrogen and oxygen atoms in total. The lowest BCUT2D eigenvalue weighted by molar-refractivity contribution is 0.141. The Balaban J connectivity index is 2.16. The van der Waals surface area contributed by atoms with E-state index >= 15 is 0 Å². The SMILES string of the molecule is NOCCc1ccc(-n2nccc2Cl)cc1. The second-order valence-electron chi connectivity index (χ2n) is 3.35. The lowest BCUT2D eigenvalue weighted by Gasteiger charge is -2.04. The van der Waals surface area contributed by atoms with Crippen molar-refractivity contribution in [3.05, 3.63) is 47.2 Å². The van der Waals surface area contributed by atoms with Gasteiger partial charge in [0.1, 0.15) is 5.15 Å². The zero-order valence-electron chi connectivity index (χ0n) is 8.64. The highest BCUT2D eigenvalue weighted by molar-refractivity contribution is 6.29. The Morgan fingerprint density at radius 3 is 2.56 bits per heavy atom. The van der Waals surface area contributed by atoms with Crippen molar-refractivity contribution in [2.45, 2.75) is 6.42 Å². The molecule has 84 valence electrons. The molecular formula is C11H12ClN3O. The molecule has 0 bridgehead atoms. The maximum atomic E-state index is 5.96. The number of rotatable bonds is 4. The summed E-state index contributed by atoms with van der Waals surface area (Å²) in [5, 5.41) is 4.71. The summed E-state index contributed by atoms with van der Waals surface area (Å²) in [6.45, 7) is 0.516. The van der Waals surface area contributed by atoms with Crippen LogP contribution in [0.5, 0.6) is 0 Å². The zero-order chi connectivity index (χ0) is 11.4. The van der Waals surface area contributed by atoms with E-state index in [1.54, 1.807) is 16.9 Å². The molecule has 2 N–H and O–H groups in total. The highest BCUT2D eigenvalue weighted by atomic mass is 35.5. The monoisotopic (exact) mass is 237 g/mol. The van der Waals surface area contributed by atoms with Crippen LogP contribution in [0.3, 0.4) is 0 Å². The molecule has 0 aliphatic carbocycles. The van der Waals surface area contributed by atoms with Crippen molar-refractivity contribution in [1.82, 2.24) is 9.78 Å². The van der Waals surface area contributed by atoms with Gasteiger partial charge in [0.15, 0.2) is 0 Å². The molecule has 0 atom stereocenters. The molecular weight excluding hydrogens is 226 g/mol. The van der Waals surface area contributed by atoms with Crippen LogP contribution >= 0.6 is 11.6 Å². The minimum Gasteiger partial charge on any atom is -0.304 e. The van der Waals surface area contributed by atoms with Crippen LogP contribution < -0.4 is 5.90 Å². The van der Waals surface area contributed by atoms with Gasteiger partial charge in [-0.25, -0.2) is 10.6 Å². The molecule has 16 heavy (non-hydrogen) atoms.